The first-order valence-electron chi connectivity index (χ1n) is 33.9. The van der Waals surface area contributed by atoms with E-state index < -0.39 is 96.8 Å². The van der Waals surface area contributed by atoms with Gasteiger partial charge in [0.1, 0.15) is 24.0 Å². The highest BCUT2D eigenvalue weighted by atomic mass is 28.4. The molecule has 0 aromatic heterocycles. The molecule has 16 heteroatoms. The number of Topliss-reactive ketones (excluding diaryl/α,β-unsaturated/α-hetero) is 2. The van der Waals surface area contributed by atoms with Gasteiger partial charge in [-0.05, 0) is 145 Å². The third kappa shape index (κ3) is 16.6. The number of allylic oxidation sites excluding steroid dienone is 3. The molecule has 2 saturated heterocycles. The van der Waals surface area contributed by atoms with Gasteiger partial charge in [-0.15, -0.1) is 0 Å². The van der Waals surface area contributed by atoms with E-state index in [1.165, 1.54) is 4.90 Å². The van der Waals surface area contributed by atoms with E-state index in [0.717, 1.165) is 30.4 Å². The van der Waals surface area contributed by atoms with Gasteiger partial charge in [-0.3, -0.25) is 14.4 Å². The van der Waals surface area contributed by atoms with Crippen LogP contribution in [-0.4, -0.2) is 134 Å². The second kappa shape index (κ2) is 31.9. The van der Waals surface area contributed by atoms with Crippen molar-refractivity contribution >= 4 is 48.4 Å². The molecular formula is C69H127NO12Si3. The first-order valence-corrected chi connectivity index (χ1v) is 40.3. The normalized spacial score (nSPS) is 32.8. The van der Waals surface area contributed by atoms with Crippen LogP contribution in [0.25, 0.3) is 0 Å². The molecule has 14 atom stereocenters. The van der Waals surface area contributed by atoms with Gasteiger partial charge in [-0.2, -0.15) is 0 Å². The van der Waals surface area contributed by atoms with Gasteiger partial charge in [0.2, 0.25) is 30.7 Å². The predicted octanol–water partition coefficient (Wildman–Crippen LogP) is 16.4. The second-order valence-electron chi connectivity index (χ2n) is 30.2. The van der Waals surface area contributed by atoms with Gasteiger partial charge in [-0.25, -0.2) is 4.79 Å². The highest BCUT2D eigenvalue weighted by molar-refractivity contribution is 6.78. The molecule has 85 heavy (non-hydrogen) atoms. The molecule has 13 nitrogen and oxygen atoms in total. The highest BCUT2D eigenvalue weighted by Gasteiger charge is 2.58. The fourth-order valence-electron chi connectivity index (χ4n) is 17.5. The molecule has 3 heterocycles. The number of amides is 1. The van der Waals surface area contributed by atoms with Crippen molar-refractivity contribution in [3.05, 3.63) is 23.3 Å². The summed E-state index contributed by atoms with van der Waals surface area (Å²) in [5, 5.41) is 12.5. The van der Waals surface area contributed by atoms with E-state index in [0.29, 0.717) is 65.4 Å². The Labute approximate surface area is 522 Å². The monoisotopic (exact) mass is 1250 g/mol. The fourth-order valence-corrected chi connectivity index (χ4v) is 34.4. The average Bonchev–Trinajstić information content (AvgIpc) is 3.25. The minimum atomic E-state index is -2.71. The van der Waals surface area contributed by atoms with Crippen molar-refractivity contribution in [3.8, 4) is 0 Å². The Kier molecular flexibility index (Phi) is 28.4. The number of carbonyl (C=O) groups is 4. The summed E-state index contributed by atoms with van der Waals surface area (Å²) >= 11 is 0. The molecule has 1 amide bonds. The molecule has 3 aliphatic heterocycles. The lowest BCUT2D eigenvalue weighted by atomic mass is 9.81. The molecular weight excluding hydrogens is 1120 g/mol. The minimum Gasteiger partial charge on any atom is -0.456 e. The smallest absolute Gasteiger partial charge is 0.329 e. The number of ether oxygens (including phenoxy) is 4. The van der Waals surface area contributed by atoms with Gasteiger partial charge in [0.15, 0.2) is 0 Å². The maximum Gasteiger partial charge on any atom is 0.329 e. The summed E-state index contributed by atoms with van der Waals surface area (Å²) in [4.78, 5) is 62.1. The number of ketones is 2. The molecule has 1 aliphatic carbocycles. The lowest BCUT2D eigenvalue weighted by Crippen LogP contribution is -2.64. The lowest BCUT2D eigenvalue weighted by molar-refractivity contribution is -0.302. The van der Waals surface area contributed by atoms with Crippen LogP contribution in [-0.2, 0) is 51.4 Å². The minimum absolute atomic E-state index is 0.0395. The van der Waals surface area contributed by atoms with Crippen molar-refractivity contribution < 1.29 is 56.5 Å². The van der Waals surface area contributed by atoms with E-state index in [-0.39, 0.29) is 78.2 Å². The number of fused-ring (bicyclic) bond motifs is 3. The van der Waals surface area contributed by atoms with Crippen LogP contribution in [0.4, 0.5) is 0 Å². The number of methoxy groups -OCH3 is 2. The molecule has 0 aromatic rings. The number of aliphatic hydroxyl groups is 1. The Morgan fingerprint density at radius 2 is 1.12 bits per heavy atom. The van der Waals surface area contributed by atoms with Crippen molar-refractivity contribution in [1.82, 2.24) is 4.90 Å². The summed E-state index contributed by atoms with van der Waals surface area (Å²) in [5.74, 6) is -6.79. The largest absolute Gasteiger partial charge is 0.456 e. The molecule has 1 N–H and O–H groups in total. The topological polar surface area (TPSA) is 156 Å². The summed E-state index contributed by atoms with van der Waals surface area (Å²) < 4.78 is 49.1. The van der Waals surface area contributed by atoms with E-state index in [2.05, 4.69) is 171 Å². The third-order valence-corrected chi connectivity index (χ3v) is 40.1. The Hall–Kier alpha value is -1.87. The molecule has 0 radical (unpaired) electrons. The van der Waals surface area contributed by atoms with Crippen LogP contribution in [0.1, 0.15) is 237 Å². The summed E-state index contributed by atoms with van der Waals surface area (Å²) in [5.41, 5.74) is 4.88. The number of rotatable bonds is 20. The fraction of sp³-hybridized carbons (Fsp3) is 0.884. The maximum atomic E-state index is 15.6. The number of hydrogen-bond acceptors (Lipinski definition) is 12. The lowest BCUT2D eigenvalue weighted by Gasteiger charge is -2.51. The SMILES string of the molecule is CCC1/C=C(\C)CC(C)CC(OC)C2OC(O)(C(=O)C(=O)N3CCCCC3C(=O)OC(C(C)=CC3CCC(O[Si](C(C)C)(C(C)C)C(C)C)C(O[Si](C(C)C)(C(C)C)C(C)C)C3)C(C)C(O[Si](C(C)C)(C(C)C)C(C)C)CC1=O)C(C)CC2OC. The van der Waals surface area contributed by atoms with E-state index in [9.17, 15) is 14.7 Å². The highest BCUT2D eigenvalue weighted by Crippen LogP contribution is 2.50. The van der Waals surface area contributed by atoms with Gasteiger partial charge in [-0.1, -0.05) is 170 Å². The Balaban J connectivity index is 2.03. The van der Waals surface area contributed by atoms with Gasteiger partial charge in [0.05, 0.1) is 30.5 Å². The summed E-state index contributed by atoms with van der Waals surface area (Å²) in [7, 11) is -4.32. The van der Waals surface area contributed by atoms with E-state index in [1.807, 2.05) is 0 Å². The van der Waals surface area contributed by atoms with E-state index in [1.54, 1.807) is 21.1 Å². The van der Waals surface area contributed by atoms with Gasteiger partial charge < -0.3 is 42.2 Å². The average molecular weight is 1250 g/mol. The van der Waals surface area contributed by atoms with Crippen LogP contribution in [0.15, 0.2) is 23.3 Å². The number of cyclic esters (lactones) is 1. The van der Waals surface area contributed by atoms with Gasteiger partial charge >= 0.3 is 5.97 Å². The van der Waals surface area contributed by atoms with Crippen molar-refractivity contribution in [3.63, 3.8) is 0 Å². The zero-order valence-corrected chi connectivity index (χ0v) is 61.7. The Morgan fingerprint density at radius 1 is 0.647 bits per heavy atom. The van der Waals surface area contributed by atoms with Crippen molar-refractivity contribution in [2.75, 3.05) is 20.8 Å². The summed E-state index contributed by atoms with van der Waals surface area (Å²) in [6.07, 6.45) is 6.69. The number of hydrogen-bond donors (Lipinski definition) is 1. The van der Waals surface area contributed by atoms with Crippen molar-refractivity contribution in [2.24, 2.45) is 29.6 Å². The molecule has 0 aromatic carbocycles. The van der Waals surface area contributed by atoms with Crippen LogP contribution in [0.3, 0.4) is 0 Å². The maximum absolute atomic E-state index is 15.6. The summed E-state index contributed by atoms with van der Waals surface area (Å²) in [6, 6.07) is -1.12. The van der Waals surface area contributed by atoms with Gasteiger partial charge in [0.25, 0.3) is 11.7 Å². The zero-order chi connectivity index (χ0) is 64.6. The standard InChI is InChI=1S/C69H127NO12Si3/c1-27-56-35-50(20)34-51(21)36-62(76-25)65-63(77-26)38-53(23)69(75,79-65)66(72)67(73)70-33-29-28-30-57(70)68(74)78-64(54(24)60(40-58(56)71)81-84(44(8)9,45(10)11)46(12)13)52(22)37-55-31-32-59(80-83(41(2)3,42(4)5)43(6)7)61(39-55)82-85(47(14)15,48(16)17)49(18)19/h35,37,41-49,51,53-57,59-65,75H,27-34,36,38-40H2,1-26H3/b50-35+,52-37?. The molecule has 492 valence electrons. The van der Waals surface area contributed by atoms with Crippen molar-refractivity contribution in [1.29, 1.82) is 0 Å². The number of piperidine rings is 1. The van der Waals surface area contributed by atoms with Crippen molar-refractivity contribution in [2.45, 2.75) is 341 Å². The van der Waals surface area contributed by atoms with Crippen LogP contribution in [0.2, 0.25) is 49.9 Å². The number of nitrogens with zero attached hydrogens (tertiary/aromatic N) is 1. The quantitative estimate of drug-likeness (QED) is 0.0533. The zero-order valence-electron chi connectivity index (χ0n) is 58.7. The number of esters is 1. The van der Waals surface area contributed by atoms with E-state index >= 15 is 9.59 Å². The Morgan fingerprint density at radius 3 is 1.59 bits per heavy atom. The predicted molar refractivity (Wildman–Crippen MR) is 353 cm³/mol. The molecule has 4 aliphatic rings. The Bertz CT molecular complexity index is 2160. The first kappa shape index (κ1) is 75.6. The summed E-state index contributed by atoms with van der Waals surface area (Å²) in [6.45, 7) is 54.1. The molecule has 3 fully saturated rings. The second-order valence-corrected chi connectivity index (χ2v) is 46.4. The molecule has 2 bridgehead atoms. The molecule has 4 rings (SSSR count). The molecule has 1 saturated carbocycles. The van der Waals surface area contributed by atoms with E-state index in [4.69, 9.17) is 32.2 Å². The number of carbonyl (C=O) groups excluding carboxylic acids is 4. The van der Waals surface area contributed by atoms with Crippen LogP contribution in [0, 0.1) is 29.6 Å². The van der Waals surface area contributed by atoms with Crippen LogP contribution < -0.4 is 0 Å². The third-order valence-electron chi connectivity index (χ3n) is 21.7. The van der Waals surface area contributed by atoms with Gasteiger partial charge in [0, 0.05) is 44.9 Å². The molecule has 14 unspecified atom stereocenters. The first-order chi connectivity index (χ1) is 39.5. The van der Waals surface area contributed by atoms with Crippen LogP contribution >= 0.6 is 0 Å². The van der Waals surface area contributed by atoms with Crippen LogP contribution in [0.5, 0.6) is 0 Å². The molecule has 0 spiro atoms.